The Morgan fingerprint density at radius 1 is 1.56 bits per heavy atom. The van der Waals surface area contributed by atoms with Crippen LogP contribution in [0.25, 0.3) is 11.4 Å². The van der Waals surface area contributed by atoms with Gasteiger partial charge < -0.3 is 4.74 Å². The van der Waals surface area contributed by atoms with Gasteiger partial charge in [0.25, 0.3) is 0 Å². The zero-order chi connectivity index (χ0) is 13.1. The summed E-state index contributed by atoms with van der Waals surface area (Å²) in [4.78, 5) is 16.0. The molecule has 0 bridgehead atoms. The van der Waals surface area contributed by atoms with Crippen molar-refractivity contribution in [2.24, 2.45) is 0 Å². The lowest BCUT2D eigenvalue weighted by molar-refractivity contribution is 0.0526. The van der Waals surface area contributed by atoms with E-state index in [0.717, 1.165) is 0 Å². The minimum Gasteiger partial charge on any atom is -0.462 e. The van der Waals surface area contributed by atoms with E-state index in [1.807, 2.05) is 0 Å². The summed E-state index contributed by atoms with van der Waals surface area (Å²) < 4.78 is 5.22. The van der Waals surface area contributed by atoms with E-state index in [9.17, 15) is 4.79 Å². The van der Waals surface area contributed by atoms with E-state index >= 15 is 0 Å². The highest BCUT2D eigenvalue weighted by atomic mass is 35.5. The highest BCUT2D eigenvalue weighted by Gasteiger charge is 2.20. The summed E-state index contributed by atoms with van der Waals surface area (Å²) in [7, 11) is 0. The number of esters is 1. The lowest BCUT2D eigenvalue weighted by Crippen LogP contribution is -2.06. The number of carbonyl (C=O) groups is 1. The largest absolute Gasteiger partial charge is 0.462 e. The summed E-state index contributed by atoms with van der Waals surface area (Å²) in [6.07, 6.45) is 1.58. The van der Waals surface area contributed by atoms with Crippen LogP contribution in [-0.4, -0.2) is 27.8 Å². The van der Waals surface area contributed by atoms with Crippen molar-refractivity contribution in [1.82, 2.24) is 15.2 Å². The predicted molar refractivity (Wildman–Crippen MR) is 70.2 cm³/mol. The molecule has 0 radical (unpaired) electrons. The number of aromatic amines is 2. The second-order valence-electron chi connectivity index (χ2n) is 3.38. The van der Waals surface area contributed by atoms with Crippen molar-refractivity contribution in [2.45, 2.75) is 6.92 Å². The molecule has 0 unspecified atom stereocenters. The maximum absolute atomic E-state index is 11.8. The van der Waals surface area contributed by atoms with E-state index in [-0.39, 0.29) is 16.8 Å². The van der Waals surface area contributed by atoms with E-state index in [0.29, 0.717) is 16.4 Å². The lowest BCUT2D eigenvalue weighted by atomic mass is 10.2. The topological polar surface area (TPSA) is 70.8 Å². The molecule has 0 aliphatic rings. The summed E-state index contributed by atoms with van der Waals surface area (Å²) in [5.74, 6) is -0.503. The molecule has 18 heavy (non-hydrogen) atoms. The smallest absolute Gasteiger partial charge is 0.343 e. The number of hydrogen-bond acceptors (Lipinski definition) is 4. The zero-order valence-corrected chi connectivity index (χ0v) is 11.1. The third-order valence-electron chi connectivity index (χ3n) is 2.25. The van der Waals surface area contributed by atoms with Crippen molar-refractivity contribution < 1.29 is 9.53 Å². The summed E-state index contributed by atoms with van der Waals surface area (Å²) in [6, 6.07) is 3.39. The Morgan fingerprint density at radius 3 is 3.00 bits per heavy atom. The number of pyridine rings is 1. The normalized spacial score (nSPS) is 10.3. The molecule has 5 nitrogen and oxygen atoms in total. The van der Waals surface area contributed by atoms with Gasteiger partial charge in [0.2, 0.25) is 0 Å². The van der Waals surface area contributed by atoms with Gasteiger partial charge in [-0.15, -0.1) is 0 Å². The summed E-state index contributed by atoms with van der Waals surface area (Å²) in [6.45, 7) is 2.00. The Balaban J connectivity index is 2.57. The molecule has 0 saturated heterocycles. The van der Waals surface area contributed by atoms with Gasteiger partial charge >= 0.3 is 5.97 Å². The van der Waals surface area contributed by atoms with E-state index < -0.39 is 5.97 Å². The molecule has 0 saturated carbocycles. The Labute approximate surface area is 113 Å². The van der Waals surface area contributed by atoms with Gasteiger partial charge in [0.1, 0.15) is 15.9 Å². The van der Waals surface area contributed by atoms with Crippen LogP contribution in [0.4, 0.5) is 0 Å². The molecule has 0 amide bonds. The molecule has 0 aliphatic heterocycles. The number of hydrogen-bond donors (Lipinski definition) is 2. The average Bonchev–Trinajstić information content (AvgIpc) is 2.72. The molecule has 2 aromatic heterocycles. The van der Waals surface area contributed by atoms with Crippen LogP contribution >= 0.6 is 23.8 Å². The highest BCUT2D eigenvalue weighted by Crippen LogP contribution is 2.27. The first-order valence-corrected chi connectivity index (χ1v) is 6.02. The Bertz CT molecular complexity index is 635. The molecule has 7 heteroatoms. The van der Waals surface area contributed by atoms with Gasteiger partial charge in [-0.3, -0.25) is 15.2 Å². The van der Waals surface area contributed by atoms with Crippen molar-refractivity contribution in [3.63, 3.8) is 0 Å². The van der Waals surface area contributed by atoms with Crippen molar-refractivity contribution in [2.75, 3.05) is 6.61 Å². The predicted octanol–water partition coefficient (Wildman–Crippen LogP) is 2.96. The van der Waals surface area contributed by atoms with Gasteiger partial charge in [-0.2, -0.15) is 0 Å². The van der Waals surface area contributed by atoms with Crippen LogP contribution in [0.1, 0.15) is 17.3 Å². The fourth-order valence-electron chi connectivity index (χ4n) is 1.50. The minimum absolute atomic E-state index is 0.243. The maximum Gasteiger partial charge on any atom is 0.343 e. The van der Waals surface area contributed by atoms with Crippen LogP contribution in [0.5, 0.6) is 0 Å². The van der Waals surface area contributed by atoms with Crippen molar-refractivity contribution in [3.8, 4) is 11.4 Å². The first kappa shape index (κ1) is 12.8. The second-order valence-corrected chi connectivity index (χ2v) is 4.20. The third kappa shape index (κ3) is 2.30. The monoisotopic (exact) mass is 283 g/mol. The Kier molecular flexibility index (Phi) is 3.78. The maximum atomic E-state index is 11.8. The molecule has 0 aromatic carbocycles. The number of carbonyl (C=O) groups excluding carboxylic acids is 1. The van der Waals surface area contributed by atoms with Crippen LogP contribution in [-0.2, 0) is 4.74 Å². The number of aromatic nitrogens is 3. The molecular formula is C11H10ClN3O2S. The summed E-state index contributed by atoms with van der Waals surface area (Å²) >= 11 is 11.1. The van der Waals surface area contributed by atoms with Crippen LogP contribution in [0.15, 0.2) is 18.3 Å². The molecule has 0 spiro atoms. The molecule has 94 valence electrons. The minimum atomic E-state index is -0.503. The quantitative estimate of drug-likeness (QED) is 0.671. The third-order valence-corrected chi connectivity index (χ3v) is 2.86. The Morgan fingerprint density at radius 2 is 2.33 bits per heavy atom. The zero-order valence-electron chi connectivity index (χ0n) is 9.49. The molecule has 0 fully saturated rings. The van der Waals surface area contributed by atoms with Gasteiger partial charge in [0.15, 0.2) is 0 Å². The Hall–Kier alpha value is -1.66. The van der Waals surface area contributed by atoms with Gasteiger partial charge in [0, 0.05) is 6.20 Å². The number of ether oxygens (including phenoxy) is 1. The van der Waals surface area contributed by atoms with E-state index in [1.165, 1.54) is 0 Å². The summed E-state index contributed by atoms with van der Waals surface area (Å²) in [5, 5.41) is 5.91. The first-order valence-electron chi connectivity index (χ1n) is 5.23. The van der Waals surface area contributed by atoms with Gasteiger partial charge in [-0.05, 0) is 19.1 Å². The van der Waals surface area contributed by atoms with Gasteiger partial charge in [0.05, 0.1) is 17.3 Å². The molecule has 2 heterocycles. The molecule has 0 atom stereocenters. The number of rotatable bonds is 3. The van der Waals surface area contributed by atoms with Gasteiger partial charge in [-0.1, -0.05) is 23.8 Å². The number of H-pyrrole nitrogens is 2. The molecule has 2 N–H and O–H groups in total. The first-order chi connectivity index (χ1) is 8.65. The van der Waals surface area contributed by atoms with Crippen molar-refractivity contribution >= 4 is 29.8 Å². The highest BCUT2D eigenvalue weighted by molar-refractivity contribution is 7.71. The fourth-order valence-corrected chi connectivity index (χ4v) is 1.96. The van der Waals surface area contributed by atoms with Crippen LogP contribution < -0.4 is 0 Å². The average molecular weight is 284 g/mol. The fraction of sp³-hybridized carbons (Fsp3) is 0.182. The van der Waals surface area contributed by atoms with Gasteiger partial charge in [-0.25, -0.2) is 4.79 Å². The van der Waals surface area contributed by atoms with Crippen molar-refractivity contribution in [1.29, 1.82) is 0 Å². The molecular weight excluding hydrogens is 274 g/mol. The molecule has 2 aromatic rings. The summed E-state index contributed by atoms with van der Waals surface area (Å²) in [5.41, 5.74) is 1.13. The van der Waals surface area contributed by atoms with E-state index in [2.05, 4.69) is 15.2 Å². The number of nitrogens with one attached hydrogen (secondary N) is 2. The lowest BCUT2D eigenvalue weighted by Gasteiger charge is -2.03. The van der Waals surface area contributed by atoms with E-state index in [1.54, 1.807) is 25.3 Å². The van der Waals surface area contributed by atoms with E-state index in [4.69, 9.17) is 28.6 Å². The van der Waals surface area contributed by atoms with Crippen LogP contribution in [0.3, 0.4) is 0 Å². The SMILES string of the molecule is CCOC(=O)c1c(-c2ncccc2Cl)[nH][nH]c1=S. The second kappa shape index (κ2) is 5.32. The van der Waals surface area contributed by atoms with Crippen molar-refractivity contribution in [3.05, 3.63) is 33.6 Å². The standard InChI is InChI=1S/C11H10ClN3O2S/c1-2-17-11(16)7-9(14-15-10(7)18)8-6(12)4-3-5-13-8/h3-5H,2H2,1H3,(H2,14,15,18). The van der Waals surface area contributed by atoms with Crippen LogP contribution in [0, 0.1) is 4.64 Å². The van der Waals surface area contributed by atoms with Crippen LogP contribution in [0.2, 0.25) is 5.02 Å². The molecule has 2 rings (SSSR count). The number of nitrogens with zero attached hydrogens (tertiary/aromatic N) is 1. The molecule has 0 aliphatic carbocycles. The number of halogens is 1.